The first-order chi connectivity index (χ1) is 13.2. The molecule has 4 rings (SSSR count). The van der Waals surface area contributed by atoms with E-state index in [1.54, 1.807) is 31.3 Å². The lowest BCUT2D eigenvalue weighted by Gasteiger charge is -2.09. The molecule has 4 aromatic rings. The molecule has 3 aromatic heterocycles. The van der Waals surface area contributed by atoms with E-state index in [9.17, 15) is 4.79 Å². The minimum Gasteiger partial charge on any atom is -0.457 e. The van der Waals surface area contributed by atoms with Crippen LogP contribution in [0.15, 0.2) is 60.4 Å². The Bertz CT molecular complexity index is 1110. The molecule has 3 heterocycles. The summed E-state index contributed by atoms with van der Waals surface area (Å²) in [6, 6.07) is 12.4. The highest BCUT2D eigenvalue weighted by molar-refractivity contribution is 7.17. The number of carbonyl (C=O) groups excluding carboxylic acids is 1. The summed E-state index contributed by atoms with van der Waals surface area (Å²) in [5.41, 5.74) is 1.12. The summed E-state index contributed by atoms with van der Waals surface area (Å²) in [5.74, 6) is 1.88. The third-order valence-corrected chi connectivity index (χ3v) is 4.55. The number of benzene rings is 1. The summed E-state index contributed by atoms with van der Waals surface area (Å²) in [7, 11) is 1.55. The smallest absolute Gasteiger partial charge is 0.269 e. The van der Waals surface area contributed by atoms with Crippen LogP contribution < -0.4 is 14.8 Å². The predicted molar refractivity (Wildman–Crippen MR) is 102 cm³/mol. The van der Waals surface area contributed by atoms with Crippen LogP contribution in [0.1, 0.15) is 10.5 Å². The van der Waals surface area contributed by atoms with E-state index in [2.05, 4.69) is 20.3 Å². The van der Waals surface area contributed by atoms with Crippen molar-refractivity contribution in [2.75, 3.05) is 7.05 Å². The van der Waals surface area contributed by atoms with Crippen molar-refractivity contribution in [2.45, 2.75) is 0 Å². The maximum Gasteiger partial charge on any atom is 0.269 e. The van der Waals surface area contributed by atoms with Crippen LogP contribution in [0.4, 0.5) is 0 Å². The van der Waals surface area contributed by atoms with Gasteiger partial charge in [-0.25, -0.2) is 9.97 Å². The minimum absolute atomic E-state index is 0.277. The first kappa shape index (κ1) is 16.9. The fourth-order valence-corrected chi connectivity index (χ4v) is 3.18. The SMILES string of the molecule is CNC(=O)c1cc(Oc2cccc(Oc3ncnc4ccsc34)c2)ccn1. The molecular weight excluding hydrogens is 364 g/mol. The highest BCUT2D eigenvalue weighted by Crippen LogP contribution is 2.32. The van der Waals surface area contributed by atoms with Gasteiger partial charge in [0.2, 0.25) is 5.88 Å². The molecule has 0 radical (unpaired) electrons. The number of thiophene rings is 1. The highest BCUT2D eigenvalue weighted by Gasteiger charge is 2.10. The Hall–Kier alpha value is -3.52. The average molecular weight is 378 g/mol. The van der Waals surface area contributed by atoms with Crippen LogP contribution in [0.3, 0.4) is 0 Å². The molecule has 0 spiro atoms. The zero-order chi connectivity index (χ0) is 18.6. The van der Waals surface area contributed by atoms with Crippen LogP contribution in [0.25, 0.3) is 10.2 Å². The fraction of sp³-hybridized carbons (Fsp3) is 0.0526. The number of rotatable bonds is 5. The van der Waals surface area contributed by atoms with Crippen LogP contribution in [0, 0.1) is 0 Å². The summed E-state index contributed by atoms with van der Waals surface area (Å²) < 4.78 is 12.6. The number of carbonyl (C=O) groups is 1. The second kappa shape index (κ2) is 7.38. The third-order valence-electron chi connectivity index (χ3n) is 3.66. The van der Waals surface area contributed by atoms with Crippen LogP contribution in [0.5, 0.6) is 23.1 Å². The number of fused-ring (bicyclic) bond motifs is 1. The number of nitrogens with zero attached hydrogens (tertiary/aromatic N) is 3. The number of aromatic nitrogens is 3. The predicted octanol–water partition coefficient (Wildman–Crippen LogP) is 4.03. The molecule has 27 heavy (non-hydrogen) atoms. The van der Waals surface area contributed by atoms with Crippen molar-refractivity contribution >= 4 is 27.5 Å². The Morgan fingerprint density at radius 3 is 2.67 bits per heavy atom. The van der Waals surface area contributed by atoms with Gasteiger partial charge in [0.15, 0.2) is 0 Å². The van der Waals surface area contributed by atoms with Crippen LogP contribution in [-0.4, -0.2) is 27.9 Å². The van der Waals surface area contributed by atoms with Gasteiger partial charge in [-0.2, -0.15) is 0 Å². The van der Waals surface area contributed by atoms with Crippen molar-refractivity contribution < 1.29 is 14.3 Å². The number of nitrogens with one attached hydrogen (secondary N) is 1. The van der Waals surface area contributed by atoms with Crippen LogP contribution in [-0.2, 0) is 0 Å². The second-order valence-electron chi connectivity index (χ2n) is 5.45. The summed E-state index contributed by atoms with van der Waals surface area (Å²) >= 11 is 1.52. The number of ether oxygens (including phenoxy) is 2. The number of hydrogen-bond donors (Lipinski definition) is 1. The van der Waals surface area contributed by atoms with Gasteiger partial charge in [0.05, 0.1) is 5.52 Å². The summed E-state index contributed by atoms with van der Waals surface area (Å²) in [5, 5.41) is 4.48. The van der Waals surface area contributed by atoms with E-state index in [0.29, 0.717) is 23.1 Å². The zero-order valence-electron chi connectivity index (χ0n) is 14.2. The maximum absolute atomic E-state index is 11.7. The molecule has 1 aromatic carbocycles. The first-order valence-corrected chi connectivity index (χ1v) is 8.93. The van der Waals surface area contributed by atoms with Gasteiger partial charge < -0.3 is 14.8 Å². The molecule has 0 saturated heterocycles. The number of pyridine rings is 1. The maximum atomic E-state index is 11.7. The van der Waals surface area contributed by atoms with Crippen molar-refractivity contribution in [2.24, 2.45) is 0 Å². The Morgan fingerprint density at radius 2 is 1.81 bits per heavy atom. The van der Waals surface area contributed by atoms with E-state index in [4.69, 9.17) is 9.47 Å². The zero-order valence-corrected chi connectivity index (χ0v) is 15.1. The molecule has 1 N–H and O–H groups in total. The minimum atomic E-state index is -0.277. The van der Waals surface area contributed by atoms with E-state index >= 15 is 0 Å². The average Bonchev–Trinajstić information content (AvgIpc) is 3.18. The van der Waals surface area contributed by atoms with E-state index < -0.39 is 0 Å². The molecule has 0 aliphatic carbocycles. The molecular formula is C19H14N4O3S. The van der Waals surface area contributed by atoms with E-state index in [-0.39, 0.29) is 11.6 Å². The number of hydrogen-bond acceptors (Lipinski definition) is 7. The Morgan fingerprint density at radius 1 is 1.00 bits per heavy atom. The van der Waals surface area contributed by atoms with E-state index in [0.717, 1.165) is 10.2 Å². The van der Waals surface area contributed by atoms with Gasteiger partial charge in [-0.15, -0.1) is 11.3 Å². The number of amides is 1. The second-order valence-corrected chi connectivity index (χ2v) is 6.36. The molecule has 0 unspecified atom stereocenters. The quantitative estimate of drug-likeness (QED) is 0.564. The lowest BCUT2D eigenvalue weighted by Crippen LogP contribution is -2.18. The Labute approximate surface area is 158 Å². The molecule has 0 aliphatic heterocycles. The lowest BCUT2D eigenvalue weighted by atomic mass is 10.3. The topological polar surface area (TPSA) is 86.2 Å². The molecule has 0 aliphatic rings. The molecule has 8 heteroatoms. The van der Waals surface area contributed by atoms with Crippen LogP contribution >= 0.6 is 11.3 Å². The van der Waals surface area contributed by atoms with Gasteiger partial charge >= 0.3 is 0 Å². The molecule has 0 saturated carbocycles. The molecule has 7 nitrogen and oxygen atoms in total. The summed E-state index contributed by atoms with van der Waals surface area (Å²) in [4.78, 5) is 24.1. The Balaban J connectivity index is 1.56. The molecule has 0 bridgehead atoms. The molecule has 1 amide bonds. The van der Waals surface area contributed by atoms with Crippen molar-refractivity contribution in [3.63, 3.8) is 0 Å². The van der Waals surface area contributed by atoms with Crippen molar-refractivity contribution in [3.8, 4) is 23.1 Å². The van der Waals surface area contributed by atoms with E-state index in [1.807, 2.05) is 23.6 Å². The van der Waals surface area contributed by atoms with Crippen LogP contribution in [0.2, 0.25) is 0 Å². The molecule has 134 valence electrons. The van der Waals surface area contributed by atoms with Gasteiger partial charge in [-0.1, -0.05) is 6.07 Å². The fourth-order valence-electron chi connectivity index (χ4n) is 2.41. The monoisotopic (exact) mass is 378 g/mol. The third kappa shape index (κ3) is 3.70. The summed E-state index contributed by atoms with van der Waals surface area (Å²) in [6.45, 7) is 0. The van der Waals surface area contributed by atoms with Gasteiger partial charge in [0.25, 0.3) is 5.91 Å². The largest absolute Gasteiger partial charge is 0.457 e. The Kier molecular flexibility index (Phi) is 4.63. The molecule has 0 fully saturated rings. The summed E-state index contributed by atoms with van der Waals surface area (Å²) in [6.07, 6.45) is 3.00. The van der Waals surface area contributed by atoms with E-state index in [1.165, 1.54) is 23.9 Å². The van der Waals surface area contributed by atoms with Gasteiger partial charge in [-0.05, 0) is 29.6 Å². The highest BCUT2D eigenvalue weighted by atomic mass is 32.1. The van der Waals surface area contributed by atoms with Crippen molar-refractivity contribution in [3.05, 3.63) is 66.1 Å². The molecule has 0 atom stereocenters. The van der Waals surface area contributed by atoms with Gasteiger partial charge in [-0.3, -0.25) is 9.78 Å². The van der Waals surface area contributed by atoms with Gasteiger partial charge in [0.1, 0.15) is 34.0 Å². The first-order valence-electron chi connectivity index (χ1n) is 8.05. The van der Waals surface area contributed by atoms with Crippen molar-refractivity contribution in [1.29, 1.82) is 0 Å². The lowest BCUT2D eigenvalue weighted by molar-refractivity contribution is 0.0958. The standard InChI is InChI=1S/C19H14N4O3S/c1-20-18(24)16-10-14(5-7-21-16)25-12-3-2-4-13(9-12)26-19-17-15(6-8-27-17)22-11-23-19/h2-11H,1H3,(H,20,24). The van der Waals surface area contributed by atoms with Gasteiger partial charge in [0, 0.05) is 25.4 Å². The normalized spacial score (nSPS) is 10.6. The van der Waals surface area contributed by atoms with Crippen molar-refractivity contribution in [1.82, 2.24) is 20.3 Å².